The fraction of sp³-hybridized carbons (Fsp3) is 0.143. The highest BCUT2D eigenvalue weighted by Gasteiger charge is 2.60. The number of hydrogen-bond acceptors (Lipinski definition) is 4. The van der Waals surface area contributed by atoms with Gasteiger partial charge < -0.3 is 0 Å². The Balaban J connectivity index is 1.51. The first-order valence-electron chi connectivity index (χ1n) is 11.1. The first-order valence-corrected chi connectivity index (χ1v) is 11.1. The van der Waals surface area contributed by atoms with Crippen molar-refractivity contribution in [2.45, 2.75) is 19.1 Å². The van der Waals surface area contributed by atoms with Crippen LogP contribution in [0.3, 0.4) is 0 Å². The van der Waals surface area contributed by atoms with Crippen LogP contribution >= 0.6 is 0 Å². The van der Waals surface area contributed by atoms with Crippen LogP contribution in [0.4, 0.5) is 11.4 Å². The molecule has 4 aromatic carbocycles. The van der Waals surface area contributed by atoms with Crippen LogP contribution < -0.4 is 9.96 Å². The molecule has 3 atom stereocenters. The first-order chi connectivity index (χ1) is 16.1. The second-order valence-corrected chi connectivity index (χ2v) is 8.58. The van der Waals surface area contributed by atoms with E-state index in [0.717, 1.165) is 27.6 Å². The van der Waals surface area contributed by atoms with Crippen LogP contribution in [0.2, 0.25) is 0 Å². The third-order valence-corrected chi connectivity index (χ3v) is 6.53. The maximum absolute atomic E-state index is 13.8. The minimum absolute atomic E-state index is 0.230. The van der Waals surface area contributed by atoms with Crippen LogP contribution in [0.15, 0.2) is 97.1 Å². The van der Waals surface area contributed by atoms with Gasteiger partial charge in [0, 0.05) is 0 Å². The number of carbonyl (C=O) groups is 2. The molecule has 2 fully saturated rings. The zero-order valence-corrected chi connectivity index (χ0v) is 18.1. The summed E-state index contributed by atoms with van der Waals surface area (Å²) in [4.78, 5) is 34.9. The minimum Gasteiger partial charge on any atom is -0.273 e. The molecular weight excluding hydrogens is 412 g/mol. The third kappa shape index (κ3) is 3.04. The largest absolute Gasteiger partial charge is 0.273 e. The summed E-state index contributed by atoms with van der Waals surface area (Å²) in [5.74, 6) is -1.20. The standard InChI is InChI=1S/C28H22N2O3/c1-18-9-7-14-21(17-18)29-27(31)24-25(23-16-8-11-19-10-5-6-15-22(19)23)30(33-26(24)28(29)32)20-12-3-2-4-13-20/h2-17,24-26H,1H3/t24-,25+,26+/m1/s1. The maximum Gasteiger partial charge on any atom is 0.266 e. The number of para-hydroxylation sites is 1. The molecule has 5 heteroatoms. The number of imide groups is 1. The van der Waals surface area contributed by atoms with Crippen LogP contribution in [0.25, 0.3) is 10.8 Å². The Bertz CT molecular complexity index is 1380. The second-order valence-electron chi connectivity index (χ2n) is 8.58. The molecule has 0 saturated carbocycles. The molecule has 2 saturated heterocycles. The van der Waals surface area contributed by atoms with E-state index < -0.39 is 18.1 Å². The van der Waals surface area contributed by atoms with E-state index in [1.54, 1.807) is 11.1 Å². The molecule has 0 spiro atoms. The molecule has 0 radical (unpaired) electrons. The fourth-order valence-electron chi connectivity index (χ4n) is 5.06. The summed E-state index contributed by atoms with van der Waals surface area (Å²) in [5.41, 5.74) is 3.36. The van der Waals surface area contributed by atoms with Gasteiger partial charge in [-0.2, -0.15) is 0 Å². The molecule has 0 N–H and O–H groups in total. The van der Waals surface area contributed by atoms with E-state index >= 15 is 0 Å². The lowest BCUT2D eigenvalue weighted by molar-refractivity contribution is -0.126. The topological polar surface area (TPSA) is 49.9 Å². The molecule has 2 amide bonds. The summed E-state index contributed by atoms with van der Waals surface area (Å²) < 4.78 is 0. The van der Waals surface area contributed by atoms with Crippen molar-refractivity contribution >= 4 is 34.0 Å². The van der Waals surface area contributed by atoms with E-state index in [1.807, 2.05) is 79.7 Å². The molecule has 33 heavy (non-hydrogen) atoms. The number of fused-ring (bicyclic) bond motifs is 2. The molecular formula is C28H22N2O3. The third-order valence-electron chi connectivity index (χ3n) is 6.53. The summed E-state index contributed by atoms with van der Waals surface area (Å²) in [5, 5.41) is 3.88. The summed E-state index contributed by atoms with van der Waals surface area (Å²) in [6.07, 6.45) is -0.873. The molecule has 4 aromatic rings. The van der Waals surface area contributed by atoms with Crippen molar-refractivity contribution in [3.8, 4) is 0 Å². The number of benzene rings is 4. The average Bonchev–Trinajstić information content (AvgIpc) is 3.35. The molecule has 2 aliphatic heterocycles. The van der Waals surface area contributed by atoms with Crippen LogP contribution in [0.5, 0.6) is 0 Å². The number of amides is 2. The highest BCUT2D eigenvalue weighted by atomic mass is 16.7. The Morgan fingerprint density at radius 2 is 1.42 bits per heavy atom. The number of nitrogens with zero attached hydrogens (tertiary/aromatic N) is 2. The van der Waals surface area contributed by atoms with Crippen molar-refractivity contribution in [2.75, 3.05) is 9.96 Å². The smallest absolute Gasteiger partial charge is 0.266 e. The highest BCUT2D eigenvalue weighted by molar-refractivity contribution is 6.24. The van der Waals surface area contributed by atoms with Gasteiger partial charge in [0.1, 0.15) is 5.92 Å². The lowest BCUT2D eigenvalue weighted by atomic mass is 9.87. The van der Waals surface area contributed by atoms with E-state index in [-0.39, 0.29) is 11.8 Å². The summed E-state index contributed by atoms with van der Waals surface area (Å²) in [7, 11) is 0. The van der Waals surface area contributed by atoms with E-state index in [9.17, 15) is 9.59 Å². The Hall–Kier alpha value is -3.96. The molecule has 162 valence electrons. The molecule has 0 bridgehead atoms. The van der Waals surface area contributed by atoms with Crippen LogP contribution in [-0.4, -0.2) is 17.9 Å². The average molecular weight is 434 g/mol. The van der Waals surface area contributed by atoms with Gasteiger partial charge in [-0.1, -0.05) is 72.8 Å². The van der Waals surface area contributed by atoms with E-state index in [2.05, 4.69) is 18.2 Å². The predicted molar refractivity (Wildman–Crippen MR) is 128 cm³/mol. The van der Waals surface area contributed by atoms with Crippen molar-refractivity contribution in [3.63, 3.8) is 0 Å². The number of anilines is 2. The Morgan fingerprint density at radius 1 is 0.727 bits per heavy atom. The number of rotatable bonds is 3. The summed E-state index contributed by atoms with van der Waals surface area (Å²) in [6, 6.07) is 30.9. The molecule has 2 heterocycles. The van der Waals surface area contributed by atoms with Crippen molar-refractivity contribution in [1.82, 2.24) is 0 Å². The van der Waals surface area contributed by atoms with Gasteiger partial charge >= 0.3 is 0 Å². The Kier molecular flexibility index (Phi) is 4.52. The van der Waals surface area contributed by atoms with Crippen molar-refractivity contribution in [3.05, 3.63) is 108 Å². The lowest BCUT2D eigenvalue weighted by Crippen LogP contribution is -2.37. The molecule has 6 rings (SSSR count). The fourth-order valence-corrected chi connectivity index (χ4v) is 5.06. The van der Waals surface area contributed by atoms with Gasteiger partial charge in [0.15, 0.2) is 6.10 Å². The Morgan fingerprint density at radius 3 is 2.24 bits per heavy atom. The van der Waals surface area contributed by atoms with Crippen LogP contribution in [-0.2, 0) is 14.4 Å². The molecule has 0 aliphatic carbocycles. The second kappa shape index (κ2) is 7.57. The zero-order chi connectivity index (χ0) is 22.5. The Labute approximate surface area is 191 Å². The first kappa shape index (κ1) is 19.7. The number of carbonyl (C=O) groups excluding carboxylic acids is 2. The van der Waals surface area contributed by atoms with Crippen LogP contribution in [0, 0.1) is 12.8 Å². The van der Waals surface area contributed by atoms with E-state index in [0.29, 0.717) is 5.69 Å². The SMILES string of the molecule is Cc1cccc(N2C(=O)[C@H]3[C@H](ON(c4ccccc4)[C@H]3c3cccc4ccccc34)C2=O)c1. The van der Waals surface area contributed by atoms with Gasteiger partial charge in [-0.15, -0.1) is 0 Å². The quantitative estimate of drug-likeness (QED) is 0.416. The van der Waals surface area contributed by atoms with Crippen LogP contribution in [0.1, 0.15) is 17.2 Å². The van der Waals surface area contributed by atoms with Crippen molar-refractivity contribution in [1.29, 1.82) is 0 Å². The van der Waals surface area contributed by atoms with Gasteiger partial charge in [-0.3, -0.25) is 14.4 Å². The van der Waals surface area contributed by atoms with Crippen molar-refractivity contribution in [2.24, 2.45) is 5.92 Å². The molecule has 0 unspecified atom stereocenters. The molecule has 5 nitrogen and oxygen atoms in total. The van der Waals surface area contributed by atoms with E-state index in [4.69, 9.17) is 4.84 Å². The summed E-state index contributed by atoms with van der Waals surface area (Å²) in [6.45, 7) is 1.95. The lowest BCUT2D eigenvalue weighted by Gasteiger charge is -2.29. The van der Waals surface area contributed by atoms with Gasteiger partial charge in [0.05, 0.1) is 17.4 Å². The minimum atomic E-state index is -0.873. The highest BCUT2D eigenvalue weighted by Crippen LogP contribution is 2.48. The van der Waals surface area contributed by atoms with Gasteiger partial charge in [0.2, 0.25) is 5.91 Å². The molecule has 2 aliphatic rings. The van der Waals surface area contributed by atoms with Crippen molar-refractivity contribution < 1.29 is 14.4 Å². The van der Waals surface area contributed by atoms with Gasteiger partial charge in [0.25, 0.3) is 5.91 Å². The predicted octanol–water partition coefficient (Wildman–Crippen LogP) is 5.20. The number of aryl methyl sites for hydroxylation is 1. The zero-order valence-electron chi connectivity index (χ0n) is 18.1. The van der Waals surface area contributed by atoms with Gasteiger partial charge in [-0.05, 0) is 53.1 Å². The normalized spacial score (nSPS) is 22.3. The maximum atomic E-state index is 13.8. The number of hydroxylamine groups is 1. The van der Waals surface area contributed by atoms with Gasteiger partial charge in [-0.25, -0.2) is 9.96 Å². The summed E-state index contributed by atoms with van der Waals surface area (Å²) >= 11 is 0. The number of hydrogen-bond donors (Lipinski definition) is 0. The monoisotopic (exact) mass is 434 g/mol. The van der Waals surface area contributed by atoms with E-state index in [1.165, 1.54) is 4.90 Å². The molecule has 0 aromatic heterocycles.